The van der Waals surface area contributed by atoms with Crippen molar-refractivity contribution < 1.29 is 14.6 Å². The van der Waals surface area contributed by atoms with Gasteiger partial charge in [-0.2, -0.15) is 0 Å². The summed E-state index contributed by atoms with van der Waals surface area (Å²) in [4.78, 5) is 11.6. The number of fused-ring (bicyclic) bond motifs is 5. The molecule has 4 saturated carbocycles. The Morgan fingerprint density at radius 2 is 1.89 bits per heavy atom. The van der Waals surface area contributed by atoms with Gasteiger partial charge in [0.2, 0.25) is 0 Å². The predicted octanol–water partition coefficient (Wildman–Crippen LogP) is 5.60. The van der Waals surface area contributed by atoms with E-state index in [1.54, 1.807) is 0 Å². The van der Waals surface area contributed by atoms with Gasteiger partial charge in [0.25, 0.3) is 0 Å². The van der Waals surface area contributed by atoms with Crippen molar-refractivity contribution in [2.24, 2.45) is 46.3 Å². The second-order valence-corrected chi connectivity index (χ2v) is 11.3. The Kier molecular flexibility index (Phi) is 5.61. The highest BCUT2D eigenvalue weighted by atomic mass is 16.5. The van der Waals surface area contributed by atoms with E-state index < -0.39 is 0 Å². The van der Waals surface area contributed by atoms with Gasteiger partial charge in [0.15, 0.2) is 0 Å². The maximum Gasteiger partial charge on any atom is 0.305 e. The lowest BCUT2D eigenvalue weighted by Crippen LogP contribution is -2.58. The van der Waals surface area contributed by atoms with Crippen LogP contribution < -0.4 is 0 Å². The lowest BCUT2D eigenvalue weighted by molar-refractivity contribution is -0.168. The molecule has 4 fully saturated rings. The van der Waals surface area contributed by atoms with Crippen molar-refractivity contribution in [2.75, 3.05) is 7.11 Å². The number of ether oxygens (including phenoxy) is 1. The lowest BCUT2D eigenvalue weighted by Gasteiger charge is -2.62. The monoisotopic (exact) mass is 390 g/mol. The molecule has 1 N–H and O–H groups in total. The van der Waals surface area contributed by atoms with Gasteiger partial charge in [0.05, 0.1) is 13.2 Å². The number of rotatable bonds is 4. The Morgan fingerprint density at radius 1 is 1.11 bits per heavy atom. The van der Waals surface area contributed by atoms with Crippen LogP contribution in [0.2, 0.25) is 0 Å². The van der Waals surface area contributed by atoms with Crippen molar-refractivity contribution in [3.63, 3.8) is 0 Å². The first-order valence-corrected chi connectivity index (χ1v) is 12.1. The van der Waals surface area contributed by atoms with Gasteiger partial charge in [0, 0.05) is 6.42 Å². The fraction of sp³-hybridized carbons (Fsp3) is 0.960. The van der Waals surface area contributed by atoms with Crippen molar-refractivity contribution in [3.8, 4) is 0 Å². The summed E-state index contributed by atoms with van der Waals surface area (Å²) >= 11 is 0. The summed E-state index contributed by atoms with van der Waals surface area (Å²) in [5, 5.41) is 11.5. The maximum absolute atomic E-state index is 11.6. The van der Waals surface area contributed by atoms with Crippen LogP contribution in [0.1, 0.15) is 91.4 Å². The van der Waals surface area contributed by atoms with Gasteiger partial charge in [-0.15, -0.1) is 0 Å². The van der Waals surface area contributed by atoms with Crippen molar-refractivity contribution in [3.05, 3.63) is 0 Å². The van der Waals surface area contributed by atoms with E-state index in [0.29, 0.717) is 29.6 Å². The molecule has 0 aromatic rings. The lowest BCUT2D eigenvalue weighted by atomic mass is 9.44. The fourth-order valence-corrected chi connectivity index (χ4v) is 8.87. The van der Waals surface area contributed by atoms with Crippen LogP contribution in [0.3, 0.4) is 0 Å². The summed E-state index contributed by atoms with van der Waals surface area (Å²) in [5.41, 5.74) is 0.507. The summed E-state index contributed by atoms with van der Waals surface area (Å²) in [6.07, 6.45) is 13.2. The molecule has 4 rings (SSSR count). The second-order valence-electron chi connectivity index (χ2n) is 11.3. The molecule has 4 aliphatic carbocycles. The van der Waals surface area contributed by atoms with Crippen LogP contribution in [-0.4, -0.2) is 24.3 Å². The van der Waals surface area contributed by atoms with E-state index in [0.717, 1.165) is 30.6 Å². The third-order valence-electron chi connectivity index (χ3n) is 10.5. The summed E-state index contributed by atoms with van der Waals surface area (Å²) in [6.45, 7) is 7.29. The normalized spacial score (nSPS) is 48.9. The number of aliphatic hydroxyl groups is 1. The summed E-state index contributed by atoms with van der Waals surface area (Å²) in [5.74, 6) is 4.02. The molecule has 0 saturated heterocycles. The minimum atomic E-state index is -0.177. The van der Waals surface area contributed by atoms with E-state index in [4.69, 9.17) is 4.74 Å². The molecule has 0 aromatic heterocycles. The molecule has 0 amide bonds. The highest BCUT2D eigenvalue weighted by molar-refractivity contribution is 5.69. The van der Waals surface area contributed by atoms with Gasteiger partial charge >= 0.3 is 5.97 Å². The minimum Gasteiger partial charge on any atom is -0.469 e. The van der Waals surface area contributed by atoms with E-state index in [9.17, 15) is 9.90 Å². The first-order chi connectivity index (χ1) is 13.3. The highest BCUT2D eigenvalue weighted by Crippen LogP contribution is 2.68. The SMILES string of the molecule is COC(=O)CC[C@@H](C)[C@H]1CCC2[C@@H]3CC[C@@H]4CCCC[C@]4(C)C3C[C@@H](O)[C@@]21C. The zero-order valence-corrected chi connectivity index (χ0v) is 18.6. The topological polar surface area (TPSA) is 46.5 Å². The molecule has 0 aliphatic heterocycles. The summed E-state index contributed by atoms with van der Waals surface area (Å²) < 4.78 is 4.86. The van der Waals surface area contributed by atoms with Gasteiger partial charge in [-0.3, -0.25) is 4.79 Å². The van der Waals surface area contributed by atoms with Crippen molar-refractivity contribution in [1.29, 1.82) is 0 Å². The Labute approximate surface area is 172 Å². The van der Waals surface area contributed by atoms with Gasteiger partial charge in [-0.25, -0.2) is 0 Å². The molecule has 28 heavy (non-hydrogen) atoms. The molecule has 0 bridgehead atoms. The number of aliphatic hydroxyl groups excluding tert-OH is 1. The predicted molar refractivity (Wildman–Crippen MR) is 112 cm³/mol. The molecule has 4 aliphatic rings. The third kappa shape index (κ3) is 3.06. The average Bonchev–Trinajstić information content (AvgIpc) is 3.05. The molecule has 0 aromatic carbocycles. The van der Waals surface area contributed by atoms with Crippen LogP contribution >= 0.6 is 0 Å². The van der Waals surface area contributed by atoms with Crippen LogP contribution in [0.25, 0.3) is 0 Å². The smallest absolute Gasteiger partial charge is 0.305 e. The van der Waals surface area contributed by atoms with Crippen LogP contribution in [0, 0.1) is 46.3 Å². The highest BCUT2D eigenvalue weighted by Gasteiger charge is 2.63. The summed E-state index contributed by atoms with van der Waals surface area (Å²) in [6, 6.07) is 0. The standard InChI is InChI=1S/C25H42O3/c1-16(8-13-23(27)28-4)19-11-12-20-18-10-9-17-7-5-6-14-24(17,2)21(18)15-22(26)25(19,20)3/h16-22,26H,5-15H2,1-4H3/t16-,17+,18+,19-,20?,21?,22-,24+,25-/m1/s1. The quantitative estimate of drug-likeness (QED) is 0.636. The van der Waals surface area contributed by atoms with Gasteiger partial charge in [0.1, 0.15) is 0 Å². The number of hydrogen-bond donors (Lipinski definition) is 1. The van der Waals surface area contributed by atoms with Gasteiger partial charge < -0.3 is 9.84 Å². The first-order valence-electron chi connectivity index (χ1n) is 12.1. The Morgan fingerprint density at radius 3 is 2.64 bits per heavy atom. The number of esters is 1. The third-order valence-corrected chi connectivity index (χ3v) is 10.5. The molecule has 0 radical (unpaired) electrons. The summed E-state index contributed by atoms with van der Waals surface area (Å²) in [7, 11) is 1.48. The van der Waals surface area contributed by atoms with Crippen LogP contribution in [-0.2, 0) is 9.53 Å². The average molecular weight is 391 g/mol. The van der Waals surface area contributed by atoms with Crippen molar-refractivity contribution >= 4 is 5.97 Å². The number of methoxy groups -OCH3 is 1. The van der Waals surface area contributed by atoms with Gasteiger partial charge in [-0.1, -0.05) is 33.6 Å². The van der Waals surface area contributed by atoms with Crippen molar-refractivity contribution in [2.45, 2.75) is 97.5 Å². The second kappa shape index (κ2) is 7.60. The Bertz CT molecular complexity index is 588. The van der Waals surface area contributed by atoms with E-state index >= 15 is 0 Å². The molecule has 3 heteroatoms. The molecule has 3 nitrogen and oxygen atoms in total. The van der Waals surface area contributed by atoms with E-state index in [-0.39, 0.29) is 17.5 Å². The first kappa shape index (κ1) is 20.7. The van der Waals surface area contributed by atoms with E-state index in [1.807, 2.05) is 0 Å². The molecule has 2 unspecified atom stereocenters. The maximum atomic E-state index is 11.6. The zero-order chi connectivity index (χ0) is 20.1. The molecule has 0 spiro atoms. The molecular weight excluding hydrogens is 348 g/mol. The Balaban J connectivity index is 1.54. The zero-order valence-electron chi connectivity index (χ0n) is 18.6. The largest absolute Gasteiger partial charge is 0.469 e. The molecule has 9 atom stereocenters. The van der Waals surface area contributed by atoms with Gasteiger partial charge in [-0.05, 0) is 97.7 Å². The van der Waals surface area contributed by atoms with Crippen LogP contribution in [0.15, 0.2) is 0 Å². The number of hydrogen-bond acceptors (Lipinski definition) is 3. The molecular formula is C25H42O3. The number of carbonyl (C=O) groups is 1. The van der Waals surface area contributed by atoms with Crippen LogP contribution in [0.4, 0.5) is 0 Å². The molecule has 0 heterocycles. The van der Waals surface area contributed by atoms with Crippen molar-refractivity contribution in [1.82, 2.24) is 0 Å². The Hall–Kier alpha value is -0.570. The van der Waals surface area contributed by atoms with Crippen LogP contribution in [0.5, 0.6) is 0 Å². The fourth-order valence-electron chi connectivity index (χ4n) is 8.87. The minimum absolute atomic E-state index is 0.0363. The number of carbonyl (C=O) groups excluding carboxylic acids is 1. The molecule has 160 valence electrons. The van der Waals surface area contributed by atoms with E-state index in [2.05, 4.69) is 20.8 Å². The van der Waals surface area contributed by atoms with E-state index in [1.165, 1.54) is 58.5 Å².